The van der Waals surface area contributed by atoms with Gasteiger partial charge in [-0.25, -0.2) is 4.79 Å². The van der Waals surface area contributed by atoms with Gasteiger partial charge in [-0.1, -0.05) is 29.8 Å². The standard InChI is InChI=1S/C19H22N2O2/c1-14-5-7-15(8-6-14)18-4-3-13-21(18)19(22)20-16-9-11-17(23-2)12-10-16/h5-12,18H,3-4,13H2,1-2H3,(H,20,22). The maximum atomic E-state index is 12.6. The number of ether oxygens (including phenoxy) is 1. The van der Waals surface area contributed by atoms with E-state index in [2.05, 4.69) is 36.5 Å². The van der Waals surface area contributed by atoms with Crippen molar-refractivity contribution in [3.05, 3.63) is 59.7 Å². The van der Waals surface area contributed by atoms with Crippen molar-refractivity contribution in [3.8, 4) is 5.75 Å². The van der Waals surface area contributed by atoms with Gasteiger partial charge in [0.15, 0.2) is 0 Å². The number of rotatable bonds is 3. The number of nitrogens with zero attached hydrogens (tertiary/aromatic N) is 1. The number of carbonyl (C=O) groups excluding carboxylic acids is 1. The van der Waals surface area contributed by atoms with Crippen LogP contribution in [0.25, 0.3) is 0 Å². The molecule has 1 atom stereocenters. The Balaban J connectivity index is 1.71. The highest BCUT2D eigenvalue weighted by Crippen LogP contribution is 2.32. The number of amides is 2. The molecule has 1 fully saturated rings. The van der Waals surface area contributed by atoms with Gasteiger partial charge in [0.25, 0.3) is 0 Å². The molecule has 0 saturated carbocycles. The zero-order valence-electron chi connectivity index (χ0n) is 13.6. The number of carbonyl (C=O) groups is 1. The van der Waals surface area contributed by atoms with E-state index in [0.717, 1.165) is 30.8 Å². The average Bonchev–Trinajstić information content (AvgIpc) is 3.06. The molecule has 120 valence electrons. The molecule has 2 aromatic carbocycles. The van der Waals surface area contributed by atoms with Crippen molar-refractivity contribution in [2.75, 3.05) is 19.0 Å². The summed E-state index contributed by atoms with van der Waals surface area (Å²) in [5.41, 5.74) is 3.23. The highest BCUT2D eigenvalue weighted by Gasteiger charge is 2.29. The van der Waals surface area contributed by atoms with Gasteiger partial charge >= 0.3 is 6.03 Å². The molecule has 0 radical (unpaired) electrons. The smallest absolute Gasteiger partial charge is 0.322 e. The summed E-state index contributed by atoms with van der Waals surface area (Å²) in [7, 11) is 1.63. The van der Waals surface area contributed by atoms with Gasteiger partial charge in [0, 0.05) is 12.2 Å². The Morgan fingerprint density at radius 2 is 1.83 bits per heavy atom. The van der Waals surface area contributed by atoms with Crippen molar-refractivity contribution in [1.29, 1.82) is 0 Å². The van der Waals surface area contributed by atoms with Gasteiger partial charge < -0.3 is 15.0 Å². The van der Waals surface area contributed by atoms with Gasteiger partial charge in [-0.3, -0.25) is 0 Å². The zero-order valence-corrected chi connectivity index (χ0v) is 13.6. The van der Waals surface area contributed by atoms with Crippen LogP contribution in [0.4, 0.5) is 10.5 Å². The zero-order chi connectivity index (χ0) is 16.2. The van der Waals surface area contributed by atoms with E-state index in [-0.39, 0.29) is 12.1 Å². The number of hydrogen-bond acceptors (Lipinski definition) is 2. The molecule has 4 nitrogen and oxygen atoms in total. The van der Waals surface area contributed by atoms with Gasteiger partial charge in [0.2, 0.25) is 0 Å². The normalized spacial score (nSPS) is 17.1. The van der Waals surface area contributed by atoms with Crippen molar-refractivity contribution in [3.63, 3.8) is 0 Å². The second-order valence-corrected chi connectivity index (χ2v) is 5.92. The summed E-state index contributed by atoms with van der Waals surface area (Å²) >= 11 is 0. The first-order valence-corrected chi connectivity index (χ1v) is 7.95. The van der Waals surface area contributed by atoms with Gasteiger partial charge in [0.05, 0.1) is 13.2 Å². The van der Waals surface area contributed by atoms with Crippen molar-refractivity contribution in [2.24, 2.45) is 0 Å². The Morgan fingerprint density at radius 1 is 1.13 bits per heavy atom. The Bertz CT molecular complexity index is 665. The van der Waals surface area contributed by atoms with Crippen LogP contribution in [-0.4, -0.2) is 24.6 Å². The minimum atomic E-state index is -0.0433. The van der Waals surface area contributed by atoms with Gasteiger partial charge in [-0.05, 0) is 49.6 Å². The number of aryl methyl sites for hydroxylation is 1. The van der Waals surface area contributed by atoms with Crippen LogP contribution in [0.15, 0.2) is 48.5 Å². The monoisotopic (exact) mass is 310 g/mol. The van der Waals surface area contributed by atoms with Crippen molar-refractivity contribution in [1.82, 2.24) is 4.90 Å². The van der Waals surface area contributed by atoms with E-state index < -0.39 is 0 Å². The lowest BCUT2D eigenvalue weighted by Gasteiger charge is -2.25. The quantitative estimate of drug-likeness (QED) is 0.914. The fourth-order valence-corrected chi connectivity index (χ4v) is 3.01. The fraction of sp³-hybridized carbons (Fsp3) is 0.316. The van der Waals surface area contributed by atoms with Crippen LogP contribution in [0.1, 0.15) is 30.0 Å². The number of hydrogen-bond donors (Lipinski definition) is 1. The SMILES string of the molecule is COc1ccc(NC(=O)N2CCCC2c2ccc(C)cc2)cc1. The summed E-state index contributed by atoms with van der Waals surface area (Å²) in [5.74, 6) is 0.779. The van der Waals surface area contributed by atoms with Gasteiger partial charge in [-0.15, -0.1) is 0 Å². The van der Waals surface area contributed by atoms with E-state index in [4.69, 9.17) is 4.74 Å². The highest BCUT2D eigenvalue weighted by atomic mass is 16.5. The summed E-state index contributed by atoms with van der Waals surface area (Å²) < 4.78 is 5.14. The highest BCUT2D eigenvalue weighted by molar-refractivity contribution is 5.89. The molecule has 0 aromatic heterocycles. The molecule has 1 N–H and O–H groups in total. The molecule has 0 bridgehead atoms. The first-order chi connectivity index (χ1) is 11.2. The first kappa shape index (κ1) is 15.4. The molecule has 1 heterocycles. The number of nitrogens with one attached hydrogen (secondary N) is 1. The van der Waals surface area contributed by atoms with Crippen molar-refractivity contribution >= 4 is 11.7 Å². The van der Waals surface area contributed by atoms with Crippen LogP contribution < -0.4 is 10.1 Å². The van der Waals surface area contributed by atoms with Crippen LogP contribution in [0.3, 0.4) is 0 Å². The molecule has 2 aromatic rings. The lowest BCUT2D eigenvalue weighted by molar-refractivity contribution is 0.207. The summed E-state index contributed by atoms with van der Waals surface area (Å²) in [4.78, 5) is 14.5. The lowest BCUT2D eigenvalue weighted by Crippen LogP contribution is -2.34. The first-order valence-electron chi connectivity index (χ1n) is 7.95. The van der Waals surface area contributed by atoms with E-state index in [1.54, 1.807) is 7.11 Å². The molecular formula is C19H22N2O2. The topological polar surface area (TPSA) is 41.6 Å². The number of likely N-dealkylation sites (tertiary alicyclic amines) is 1. The summed E-state index contributed by atoms with van der Waals surface area (Å²) in [5, 5.41) is 2.98. The Labute approximate surface area is 137 Å². The van der Waals surface area contributed by atoms with Crippen LogP contribution in [-0.2, 0) is 0 Å². The molecule has 0 spiro atoms. The fourth-order valence-electron chi connectivity index (χ4n) is 3.01. The molecule has 23 heavy (non-hydrogen) atoms. The maximum absolute atomic E-state index is 12.6. The van der Waals surface area contributed by atoms with E-state index >= 15 is 0 Å². The third-order valence-electron chi connectivity index (χ3n) is 4.32. The van der Waals surface area contributed by atoms with Gasteiger partial charge in [-0.2, -0.15) is 0 Å². The van der Waals surface area contributed by atoms with Crippen LogP contribution in [0.2, 0.25) is 0 Å². The van der Waals surface area contributed by atoms with E-state index in [1.807, 2.05) is 29.2 Å². The van der Waals surface area contributed by atoms with E-state index in [9.17, 15) is 4.79 Å². The molecule has 1 saturated heterocycles. The predicted molar refractivity (Wildman–Crippen MR) is 91.9 cm³/mol. The summed E-state index contributed by atoms with van der Waals surface area (Å²) in [6.07, 6.45) is 2.05. The minimum absolute atomic E-state index is 0.0433. The predicted octanol–water partition coefficient (Wildman–Crippen LogP) is 4.37. The number of benzene rings is 2. The molecule has 1 aliphatic rings. The number of methoxy groups -OCH3 is 1. The van der Waals surface area contributed by atoms with Crippen molar-refractivity contribution in [2.45, 2.75) is 25.8 Å². The Morgan fingerprint density at radius 3 is 2.48 bits per heavy atom. The molecular weight excluding hydrogens is 288 g/mol. The summed E-state index contributed by atoms with van der Waals surface area (Å²) in [6, 6.07) is 16.0. The third kappa shape index (κ3) is 3.47. The largest absolute Gasteiger partial charge is 0.497 e. The Hall–Kier alpha value is -2.49. The lowest BCUT2D eigenvalue weighted by atomic mass is 10.0. The second-order valence-electron chi connectivity index (χ2n) is 5.92. The third-order valence-corrected chi connectivity index (χ3v) is 4.32. The number of anilines is 1. The molecule has 0 aliphatic carbocycles. The molecule has 3 rings (SSSR count). The molecule has 1 unspecified atom stereocenters. The van der Waals surface area contributed by atoms with Crippen molar-refractivity contribution < 1.29 is 9.53 Å². The maximum Gasteiger partial charge on any atom is 0.322 e. The van der Waals surface area contributed by atoms with Gasteiger partial charge in [0.1, 0.15) is 5.75 Å². The Kier molecular flexibility index (Phi) is 4.51. The van der Waals surface area contributed by atoms with Crippen LogP contribution >= 0.6 is 0 Å². The second kappa shape index (κ2) is 6.73. The van der Waals surface area contributed by atoms with Crippen LogP contribution in [0.5, 0.6) is 5.75 Å². The number of urea groups is 1. The molecule has 2 amide bonds. The van der Waals surface area contributed by atoms with Crippen LogP contribution in [0, 0.1) is 6.92 Å². The average molecular weight is 310 g/mol. The minimum Gasteiger partial charge on any atom is -0.497 e. The molecule has 4 heteroatoms. The van der Waals surface area contributed by atoms with E-state index in [1.165, 1.54) is 11.1 Å². The molecule has 1 aliphatic heterocycles. The van der Waals surface area contributed by atoms with E-state index in [0.29, 0.717) is 0 Å². The summed E-state index contributed by atoms with van der Waals surface area (Å²) in [6.45, 7) is 2.87.